The van der Waals surface area contributed by atoms with Crippen molar-refractivity contribution in [2.45, 2.75) is 13.8 Å². The normalized spacial score (nSPS) is 11.3. The van der Waals surface area contributed by atoms with E-state index in [1.807, 2.05) is 6.92 Å². The maximum Gasteiger partial charge on any atom is 0.237 e. The van der Waals surface area contributed by atoms with E-state index in [1.54, 1.807) is 7.05 Å². The Morgan fingerprint density at radius 1 is 1.38 bits per heavy atom. The van der Waals surface area contributed by atoms with Crippen molar-refractivity contribution >= 4 is 15.9 Å². The zero-order valence-electron chi connectivity index (χ0n) is 8.20. The molecule has 0 spiro atoms. The minimum absolute atomic E-state index is 0.00385. The van der Waals surface area contributed by atoms with Crippen LogP contribution in [-0.4, -0.2) is 45.1 Å². The summed E-state index contributed by atoms with van der Waals surface area (Å²) in [6.07, 6.45) is 0. The molecule has 5 nitrogen and oxygen atoms in total. The third-order valence-electron chi connectivity index (χ3n) is 1.72. The second-order valence-corrected chi connectivity index (χ2v) is 4.73. The molecule has 0 heterocycles. The smallest absolute Gasteiger partial charge is 0.237 e. The summed E-state index contributed by atoms with van der Waals surface area (Å²) in [7, 11) is -1.63. The average Bonchev–Trinajstić information content (AvgIpc) is 2.13. The molecule has 0 aromatic rings. The molecule has 0 fully saturated rings. The first kappa shape index (κ1) is 12.4. The van der Waals surface area contributed by atoms with Crippen LogP contribution >= 0.6 is 0 Å². The summed E-state index contributed by atoms with van der Waals surface area (Å²) in [4.78, 5) is 12.6. The lowest BCUT2D eigenvalue weighted by atomic mass is 10.5. The number of hydrogen-bond donors (Lipinski definition) is 1. The van der Waals surface area contributed by atoms with E-state index in [2.05, 4.69) is 4.72 Å². The minimum Gasteiger partial charge on any atom is -0.345 e. The van der Waals surface area contributed by atoms with Crippen molar-refractivity contribution in [3.05, 3.63) is 0 Å². The molecule has 0 saturated carbocycles. The molecule has 0 aliphatic rings. The molecule has 0 aromatic heterocycles. The Hall–Kier alpha value is -0.620. The van der Waals surface area contributed by atoms with Crippen LogP contribution in [0.5, 0.6) is 0 Å². The molecule has 0 unspecified atom stereocenters. The lowest BCUT2D eigenvalue weighted by molar-refractivity contribution is -0.128. The highest BCUT2D eigenvalue weighted by atomic mass is 32.2. The Morgan fingerprint density at radius 3 is 2.31 bits per heavy atom. The SMILES string of the molecule is CCN(C)C(=O)CNS(=O)(=O)CC. The third kappa shape index (κ3) is 4.84. The van der Waals surface area contributed by atoms with Crippen molar-refractivity contribution in [2.75, 3.05) is 25.9 Å². The van der Waals surface area contributed by atoms with Crippen LogP contribution < -0.4 is 4.72 Å². The van der Waals surface area contributed by atoms with Crippen LogP contribution in [0.15, 0.2) is 0 Å². The Bertz CT molecular complexity index is 261. The summed E-state index contributed by atoms with van der Waals surface area (Å²) < 4.78 is 24.1. The van der Waals surface area contributed by atoms with Gasteiger partial charge in [-0.3, -0.25) is 4.79 Å². The van der Waals surface area contributed by atoms with Gasteiger partial charge in [0.1, 0.15) is 0 Å². The van der Waals surface area contributed by atoms with Crippen LogP contribution in [0.3, 0.4) is 0 Å². The van der Waals surface area contributed by atoms with Crippen molar-refractivity contribution < 1.29 is 13.2 Å². The highest BCUT2D eigenvalue weighted by Gasteiger charge is 2.11. The molecule has 0 saturated heterocycles. The van der Waals surface area contributed by atoms with E-state index in [0.29, 0.717) is 6.54 Å². The van der Waals surface area contributed by atoms with Gasteiger partial charge in [0, 0.05) is 13.6 Å². The van der Waals surface area contributed by atoms with Crippen molar-refractivity contribution in [1.29, 1.82) is 0 Å². The van der Waals surface area contributed by atoms with Gasteiger partial charge in [-0.2, -0.15) is 0 Å². The van der Waals surface area contributed by atoms with Crippen molar-refractivity contribution in [3.8, 4) is 0 Å². The fraction of sp³-hybridized carbons (Fsp3) is 0.857. The van der Waals surface area contributed by atoms with Gasteiger partial charge in [-0.1, -0.05) is 0 Å². The van der Waals surface area contributed by atoms with Crippen molar-refractivity contribution in [1.82, 2.24) is 9.62 Å². The number of carbonyl (C=O) groups excluding carboxylic acids is 1. The largest absolute Gasteiger partial charge is 0.345 e. The predicted octanol–water partition coefficient (Wildman–Crippen LogP) is -0.596. The molecule has 0 aromatic carbocycles. The first-order chi connectivity index (χ1) is 5.93. The van der Waals surface area contributed by atoms with E-state index in [0.717, 1.165) is 0 Å². The Kier molecular flexibility index (Phi) is 4.94. The van der Waals surface area contributed by atoms with Gasteiger partial charge in [-0.25, -0.2) is 13.1 Å². The number of hydrogen-bond acceptors (Lipinski definition) is 3. The summed E-state index contributed by atoms with van der Waals surface area (Å²) in [5.74, 6) is -0.227. The van der Waals surface area contributed by atoms with E-state index in [4.69, 9.17) is 0 Å². The van der Waals surface area contributed by atoms with Crippen LogP contribution in [0.25, 0.3) is 0 Å². The van der Waals surface area contributed by atoms with Crippen LogP contribution in [0, 0.1) is 0 Å². The van der Waals surface area contributed by atoms with Gasteiger partial charge in [0.2, 0.25) is 15.9 Å². The molecule has 0 radical (unpaired) electrons. The number of nitrogens with one attached hydrogen (secondary N) is 1. The molecule has 1 amide bonds. The summed E-state index contributed by atoms with van der Waals surface area (Å²) in [5.41, 5.74) is 0. The van der Waals surface area contributed by atoms with Crippen molar-refractivity contribution in [3.63, 3.8) is 0 Å². The first-order valence-corrected chi connectivity index (χ1v) is 5.79. The van der Waals surface area contributed by atoms with Crippen molar-refractivity contribution in [2.24, 2.45) is 0 Å². The van der Waals surface area contributed by atoms with E-state index in [9.17, 15) is 13.2 Å². The molecule has 0 atom stereocenters. The van der Waals surface area contributed by atoms with Gasteiger partial charge in [-0.15, -0.1) is 0 Å². The number of nitrogens with zero attached hydrogens (tertiary/aromatic N) is 1. The Morgan fingerprint density at radius 2 is 1.92 bits per heavy atom. The maximum atomic E-state index is 11.1. The monoisotopic (exact) mass is 208 g/mol. The van der Waals surface area contributed by atoms with Crippen LogP contribution in [-0.2, 0) is 14.8 Å². The molecular weight excluding hydrogens is 192 g/mol. The van der Waals surface area contributed by atoms with Gasteiger partial charge >= 0.3 is 0 Å². The highest BCUT2D eigenvalue weighted by Crippen LogP contribution is 1.85. The second-order valence-electron chi connectivity index (χ2n) is 2.63. The van der Waals surface area contributed by atoms with E-state index in [-0.39, 0.29) is 18.2 Å². The van der Waals surface area contributed by atoms with Gasteiger partial charge in [0.05, 0.1) is 12.3 Å². The van der Waals surface area contributed by atoms with E-state index >= 15 is 0 Å². The topological polar surface area (TPSA) is 66.5 Å². The lowest BCUT2D eigenvalue weighted by Crippen LogP contribution is -2.38. The summed E-state index contributed by atoms with van der Waals surface area (Å²) in [6.45, 7) is 3.77. The molecule has 1 N–H and O–H groups in total. The Balaban J connectivity index is 3.97. The molecular formula is C7H16N2O3S. The second kappa shape index (κ2) is 5.18. The summed E-state index contributed by atoms with van der Waals surface area (Å²) in [5, 5.41) is 0. The number of amides is 1. The standard InChI is InChI=1S/C7H16N2O3S/c1-4-9(3)7(10)6-8-13(11,12)5-2/h8H,4-6H2,1-3H3. The number of sulfonamides is 1. The van der Waals surface area contributed by atoms with Gasteiger partial charge in [0.25, 0.3) is 0 Å². The van der Waals surface area contributed by atoms with Gasteiger partial charge in [0.15, 0.2) is 0 Å². The molecule has 0 rings (SSSR count). The Labute approximate surface area is 79.2 Å². The summed E-state index contributed by atoms with van der Waals surface area (Å²) in [6, 6.07) is 0. The quantitative estimate of drug-likeness (QED) is 0.656. The van der Waals surface area contributed by atoms with Gasteiger partial charge < -0.3 is 4.90 Å². The number of rotatable bonds is 5. The molecule has 6 heteroatoms. The average molecular weight is 208 g/mol. The van der Waals surface area contributed by atoms with E-state index < -0.39 is 10.0 Å². The molecule has 78 valence electrons. The summed E-state index contributed by atoms with van der Waals surface area (Å²) >= 11 is 0. The zero-order valence-corrected chi connectivity index (χ0v) is 9.02. The van der Waals surface area contributed by atoms with E-state index in [1.165, 1.54) is 11.8 Å². The third-order valence-corrected chi connectivity index (χ3v) is 3.07. The fourth-order valence-corrected chi connectivity index (χ4v) is 1.13. The molecule has 0 aliphatic heterocycles. The number of likely N-dealkylation sites (N-methyl/N-ethyl adjacent to an activating group) is 1. The molecule has 0 aliphatic carbocycles. The predicted molar refractivity (Wildman–Crippen MR) is 50.8 cm³/mol. The van der Waals surface area contributed by atoms with Crippen LogP contribution in [0.4, 0.5) is 0 Å². The fourth-order valence-electron chi connectivity index (χ4n) is 0.585. The van der Waals surface area contributed by atoms with Gasteiger partial charge in [-0.05, 0) is 13.8 Å². The van der Waals surface area contributed by atoms with Crippen LogP contribution in [0.2, 0.25) is 0 Å². The lowest BCUT2D eigenvalue weighted by Gasteiger charge is -2.14. The van der Waals surface area contributed by atoms with Crippen LogP contribution in [0.1, 0.15) is 13.8 Å². The number of carbonyl (C=O) groups is 1. The first-order valence-electron chi connectivity index (χ1n) is 4.14. The highest BCUT2D eigenvalue weighted by molar-refractivity contribution is 7.89. The molecule has 13 heavy (non-hydrogen) atoms. The molecule has 0 bridgehead atoms. The minimum atomic E-state index is -3.25. The maximum absolute atomic E-state index is 11.1. The zero-order chi connectivity index (χ0) is 10.5.